The average Bonchev–Trinajstić information content (AvgIpc) is 3.01. The molecule has 1 amide bonds. The summed E-state index contributed by atoms with van der Waals surface area (Å²) in [5, 5.41) is 8.19. The number of ether oxygens (including phenoxy) is 1. The van der Waals surface area contributed by atoms with Crippen molar-refractivity contribution in [3.63, 3.8) is 0 Å². The minimum atomic E-state index is -3.53. The summed E-state index contributed by atoms with van der Waals surface area (Å²) in [6.45, 7) is 8.40. The van der Waals surface area contributed by atoms with Gasteiger partial charge in [-0.25, -0.2) is 27.9 Å². The van der Waals surface area contributed by atoms with E-state index in [9.17, 15) is 13.2 Å². The van der Waals surface area contributed by atoms with E-state index in [2.05, 4.69) is 20.3 Å². The first-order valence-electron chi connectivity index (χ1n) is 9.39. The smallest absolute Gasteiger partial charge is 0.410 e. The highest BCUT2D eigenvalue weighted by Gasteiger charge is 2.30. The van der Waals surface area contributed by atoms with Crippen LogP contribution in [0.1, 0.15) is 45.3 Å². The molecule has 1 saturated heterocycles. The Morgan fingerprint density at radius 3 is 2.48 bits per heavy atom. The van der Waals surface area contributed by atoms with Gasteiger partial charge in [0.15, 0.2) is 0 Å². The van der Waals surface area contributed by atoms with Crippen LogP contribution < -0.4 is 0 Å². The number of nitrogens with zero attached hydrogens (tertiary/aromatic N) is 6. The van der Waals surface area contributed by atoms with Crippen molar-refractivity contribution in [2.75, 3.05) is 19.3 Å². The number of hydrogen-bond donors (Lipinski definition) is 0. The van der Waals surface area contributed by atoms with E-state index in [1.807, 2.05) is 20.8 Å². The Balaban J connectivity index is 1.81. The molecule has 0 radical (unpaired) electrons. The van der Waals surface area contributed by atoms with Crippen molar-refractivity contribution in [1.29, 1.82) is 0 Å². The van der Waals surface area contributed by atoms with Gasteiger partial charge in [0, 0.05) is 25.5 Å². The maximum Gasteiger partial charge on any atom is 0.410 e. The zero-order chi connectivity index (χ0) is 21.4. The molecule has 1 aliphatic heterocycles. The van der Waals surface area contributed by atoms with Gasteiger partial charge in [0.05, 0.1) is 17.4 Å². The van der Waals surface area contributed by atoms with Crippen LogP contribution in [-0.4, -0.2) is 69.3 Å². The summed E-state index contributed by atoms with van der Waals surface area (Å²) < 4.78 is 30.8. The van der Waals surface area contributed by atoms with Crippen molar-refractivity contribution in [3.8, 4) is 11.4 Å². The van der Waals surface area contributed by atoms with E-state index in [0.717, 1.165) is 6.26 Å². The summed E-state index contributed by atoms with van der Waals surface area (Å²) in [5.74, 6) is 0. The summed E-state index contributed by atoms with van der Waals surface area (Å²) in [7, 11) is -3.53. The molecule has 1 aliphatic rings. The Morgan fingerprint density at radius 2 is 1.90 bits per heavy atom. The van der Waals surface area contributed by atoms with Crippen LogP contribution >= 0.6 is 0 Å². The van der Waals surface area contributed by atoms with Gasteiger partial charge in [-0.05, 0) is 46.6 Å². The van der Waals surface area contributed by atoms with Gasteiger partial charge in [-0.2, -0.15) is 0 Å². The molecular weight excluding hydrogens is 396 g/mol. The van der Waals surface area contributed by atoms with Gasteiger partial charge in [-0.1, -0.05) is 5.21 Å². The van der Waals surface area contributed by atoms with Gasteiger partial charge in [0.1, 0.15) is 11.3 Å². The van der Waals surface area contributed by atoms with Crippen LogP contribution in [0, 0.1) is 6.92 Å². The maximum atomic E-state index is 12.3. The quantitative estimate of drug-likeness (QED) is 0.689. The fourth-order valence-electron chi connectivity index (χ4n) is 3.20. The van der Waals surface area contributed by atoms with Gasteiger partial charge >= 0.3 is 6.09 Å². The van der Waals surface area contributed by atoms with E-state index in [1.165, 1.54) is 6.20 Å². The van der Waals surface area contributed by atoms with Crippen LogP contribution in [0.2, 0.25) is 0 Å². The molecule has 0 aliphatic carbocycles. The number of likely N-dealkylation sites (tertiary alicyclic amines) is 1. The molecule has 158 valence electrons. The lowest BCUT2D eigenvalue weighted by Crippen LogP contribution is -2.42. The Labute approximate surface area is 170 Å². The molecule has 2 aromatic rings. The normalized spacial score (nSPS) is 16.1. The number of aromatic nitrogens is 5. The molecule has 0 N–H and O–H groups in total. The number of rotatable bonds is 3. The number of amides is 1. The van der Waals surface area contributed by atoms with E-state index in [4.69, 9.17) is 4.74 Å². The third-order valence-corrected chi connectivity index (χ3v) is 5.39. The molecule has 2 aromatic heterocycles. The molecule has 0 spiro atoms. The molecule has 0 unspecified atom stereocenters. The number of carbonyl (C=O) groups excluding carboxylic acids is 1. The molecule has 3 heterocycles. The van der Waals surface area contributed by atoms with Crippen molar-refractivity contribution < 1.29 is 17.9 Å². The lowest BCUT2D eigenvalue weighted by molar-refractivity contribution is 0.0185. The second kappa shape index (κ2) is 7.69. The van der Waals surface area contributed by atoms with Gasteiger partial charge in [-0.15, -0.1) is 5.10 Å². The van der Waals surface area contributed by atoms with Crippen molar-refractivity contribution in [3.05, 3.63) is 18.0 Å². The summed E-state index contributed by atoms with van der Waals surface area (Å²) in [4.78, 5) is 22.0. The van der Waals surface area contributed by atoms with E-state index >= 15 is 0 Å². The highest BCUT2D eigenvalue weighted by molar-refractivity contribution is 7.90. The zero-order valence-corrected chi connectivity index (χ0v) is 18.1. The Hall–Kier alpha value is -2.56. The lowest BCUT2D eigenvalue weighted by atomic mass is 10.0. The Bertz CT molecular complexity index is 1000. The van der Waals surface area contributed by atoms with E-state index in [-0.39, 0.29) is 17.3 Å². The Kier molecular flexibility index (Phi) is 5.61. The average molecular weight is 423 g/mol. The third-order valence-electron chi connectivity index (χ3n) is 4.53. The lowest BCUT2D eigenvalue weighted by Gasteiger charge is -2.33. The number of hydrogen-bond acceptors (Lipinski definition) is 8. The number of piperidine rings is 1. The third kappa shape index (κ3) is 4.89. The first-order valence-corrected chi connectivity index (χ1v) is 11.3. The van der Waals surface area contributed by atoms with Crippen molar-refractivity contribution >= 4 is 15.9 Å². The summed E-state index contributed by atoms with van der Waals surface area (Å²) >= 11 is 0. The predicted octanol–water partition coefficient (Wildman–Crippen LogP) is 2.02. The molecule has 0 aromatic carbocycles. The van der Waals surface area contributed by atoms with E-state index in [1.54, 1.807) is 22.6 Å². The van der Waals surface area contributed by atoms with E-state index < -0.39 is 15.4 Å². The molecule has 11 heteroatoms. The highest BCUT2D eigenvalue weighted by atomic mass is 32.2. The highest BCUT2D eigenvalue weighted by Crippen LogP contribution is 2.29. The standard InChI is InChI=1S/C18H26N6O4S/c1-12-15(14-6-9-19-16(20-14)29(5,26)27)24(22-21-12)13-7-10-23(11-8-13)17(25)28-18(2,3)4/h6,9,13H,7-8,10-11H2,1-5H3. The largest absolute Gasteiger partial charge is 0.444 e. The van der Waals surface area contributed by atoms with Crippen LogP contribution in [0.15, 0.2) is 17.4 Å². The number of carbonyl (C=O) groups is 1. The monoisotopic (exact) mass is 422 g/mol. The molecule has 10 nitrogen and oxygen atoms in total. The van der Waals surface area contributed by atoms with Crippen LogP contribution in [0.3, 0.4) is 0 Å². The SMILES string of the molecule is Cc1nnn(C2CCN(C(=O)OC(C)(C)C)CC2)c1-c1ccnc(S(C)(=O)=O)n1. The van der Waals surface area contributed by atoms with Gasteiger partial charge < -0.3 is 9.64 Å². The number of sulfone groups is 1. The summed E-state index contributed by atoms with van der Waals surface area (Å²) in [6, 6.07) is 1.66. The van der Waals surface area contributed by atoms with Crippen LogP contribution in [0.5, 0.6) is 0 Å². The fraction of sp³-hybridized carbons (Fsp3) is 0.611. The molecule has 29 heavy (non-hydrogen) atoms. The predicted molar refractivity (Wildman–Crippen MR) is 105 cm³/mol. The van der Waals surface area contributed by atoms with Gasteiger partial charge in [0.2, 0.25) is 15.0 Å². The van der Waals surface area contributed by atoms with Crippen molar-refractivity contribution in [2.24, 2.45) is 0 Å². The Morgan fingerprint density at radius 1 is 1.24 bits per heavy atom. The van der Waals surface area contributed by atoms with Gasteiger partial charge in [-0.3, -0.25) is 0 Å². The van der Waals surface area contributed by atoms with E-state index in [0.29, 0.717) is 43.0 Å². The topological polar surface area (TPSA) is 120 Å². The molecule has 0 bridgehead atoms. The molecule has 0 atom stereocenters. The fourth-order valence-corrected chi connectivity index (χ4v) is 3.72. The maximum absolute atomic E-state index is 12.3. The first kappa shape index (κ1) is 21.2. The zero-order valence-electron chi connectivity index (χ0n) is 17.3. The van der Waals surface area contributed by atoms with Gasteiger partial charge in [0.25, 0.3) is 0 Å². The van der Waals surface area contributed by atoms with Crippen LogP contribution in [0.4, 0.5) is 4.79 Å². The molecular formula is C18H26N6O4S. The molecule has 1 fully saturated rings. The molecule has 3 rings (SSSR count). The minimum absolute atomic E-state index is 0.0153. The first-order chi connectivity index (χ1) is 13.5. The number of aryl methyl sites for hydroxylation is 1. The van der Waals surface area contributed by atoms with Crippen LogP contribution in [-0.2, 0) is 14.6 Å². The summed E-state index contributed by atoms with van der Waals surface area (Å²) in [6.07, 6.45) is 3.53. The van der Waals surface area contributed by atoms with Crippen molar-refractivity contribution in [1.82, 2.24) is 29.9 Å². The second-order valence-electron chi connectivity index (χ2n) is 8.16. The van der Waals surface area contributed by atoms with Crippen molar-refractivity contribution in [2.45, 2.75) is 57.3 Å². The molecule has 0 saturated carbocycles. The van der Waals surface area contributed by atoms with Crippen LogP contribution in [0.25, 0.3) is 11.4 Å². The second-order valence-corrected chi connectivity index (χ2v) is 10.1. The minimum Gasteiger partial charge on any atom is -0.444 e. The summed E-state index contributed by atoms with van der Waals surface area (Å²) in [5.41, 5.74) is 1.23.